The summed E-state index contributed by atoms with van der Waals surface area (Å²) in [6.07, 6.45) is 0.204. The molecular formula is C20H20FN3O2. The Labute approximate surface area is 151 Å². The number of ether oxygens (including phenoxy) is 1. The molecule has 0 aliphatic rings. The zero-order valence-electron chi connectivity index (χ0n) is 14.9. The average molecular weight is 353 g/mol. The van der Waals surface area contributed by atoms with Crippen molar-refractivity contribution < 1.29 is 13.9 Å². The number of hydrogen-bond donors (Lipinski definition) is 1. The summed E-state index contributed by atoms with van der Waals surface area (Å²) in [5.41, 5.74) is 3.92. The highest BCUT2D eigenvalue weighted by Gasteiger charge is 2.16. The Morgan fingerprint density at radius 3 is 2.62 bits per heavy atom. The first-order valence-electron chi connectivity index (χ1n) is 8.23. The summed E-state index contributed by atoms with van der Waals surface area (Å²) >= 11 is 0. The van der Waals surface area contributed by atoms with Gasteiger partial charge in [-0.1, -0.05) is 6.07 Å². The van der Waals surface area contributed by atoms with E-state index in [0.717, 1.165) is 22.6 Å². The Bertz CT molecular complexity index is 933. The topological polar surface area (TPSA) is 56.1 Å². The van der Waals surface area contributed by atoms with E-state index in [9.17, 15) is 9.18 Å². The zero-order chi connectivity index (χ0) is 18.7. The Morgan fingerprint density at radius 1 is 1.19 bits per heavy atom. The Kier molecular flexibility index (Phi) is 5.02. The number of benzene rings is 2. The van der Waals surface area contributed by atoms with Gasteiger partial charge < -0.3 is 10.1 Å². The molecule has 0 fully saturated rings. The van der Waals surface area contributed by atoms with Crippen LogP contribution < -0.4 is 10.1 Å². The molecule has 1 aromatic heterocycles. The molecule has 0 aliphatic carbocycles. The molecule has 0 bridgehead atoms. The van der Waals surface area contributed by atoms with E-state index in [1.807, 2.05) is 32.0 Å². The largest absolute Gasteiger partial charge is 0.497 e. The predicted molar refractivity (Wildman–Crippen MR) is 98.3 cm³/mol. The number of hydrogen-bond acceptors (Lipinski definition) is 3. The normalized spacial score (nSPS) is 10.6. The molecule has 5 nitrogen and oxygen atoms in total. The second-order valence-electron chi connectivity index (χ2n) is 5.99. The van der Waals surface area contributed by atoms with Gasteiger partial charge in [0.1, 0.15) is 11.6 Å². The first kappa shape index (κ1) is 17.7. The molecule has 1 N–H and O–H groups in total. The SMILES string of the molecule is COc1cccc(NC(=O)Cc2c(C)nn(-c3ccc(F)cc3)c2C)c1. The van der Waals surface area contributed by atoms with Crippen LogP contribution in [0.2, 0.25) is 0 Å². The number of rotatable bonds is 5. The van der Waals surface area contributed by atoms with Crippen molar-refractivity contribution in [2.24, 2.45) is 0 Å². The van der Waals surface area contributed by atoms with Gasteiger partial charge in [0.05, 0.1) is 24.9 Å². The molecule has 0 aliphatic heterocycles. The minimum atomic E-state index is -0.298. The van der Waals surface area contributed by atoms with E-state index in [4.69, 9.17) is 4.74 Å². The summed E-state index contributed by atoms with van der Waals surface area (Å²) in [5.74, 6) is 0.246. The summed E-state index contributed by atoms with van der Waals surface area (Å²) in [7, 11) is 1.58. The minimum absolute atomic E-state index is 0.136. The smallest absolute Gasteiger partial charge is 0.228 e. The number of halogens is 1. The molecule has 3 aromatic rings. The van der Waals surface area contributed by atoms with Crippen molar-refractivity contribution in [1.82, 2.24) is 9.78 Å². The van der Waals surface area contributed by atoms with Gasteiger partial charge in [0.2, 0.25) is 5.91 Å². The lowest BCUT2D eigenvalue weighted by Crippen LogP contribution is -2.15. The minimum Gasteiger partial charge on any atom is -0.497 e. The van der Waals surface area contributed by atoms with Crippen molar-refractivity contribution in [2.75, 3.05) is 12.4 Å². The Balaban J connectivity index is 1.79. The number of amides is 1. The van der Waals surface area contributed by atoms with Crippen LogP contribution in [0.25, 0.3) is 5.69 Å². The third-order valence-electron chi connectivity index (χ3n) is 4.20. The molecule has 6 heteroatoms. The van der Waals surface area contributed by atoms with Crippen molar-refractivity contribution in [3.8, 4) is 11.4 Å². The first-order valence-corrected chi connectivity index (χ1v) is 8.23. The Hall–Kier alpha value is -3.15. The van der Waals surface area contributed by atoms with Gasteiger partial charge in [-0.3, -0.25) is 4.79 Å². The van der Waals surface area contributed by atoms with Crippen LogP contribution in [0.4, 0.5) is 10.1 Å². The van der Waals surface area contributed by atoms with Crippen molar-refractivity contribution in [3.05, 3.63) is 71.3 Å². The molecule has 3 rings (SSSR count). The molecule has 0 saturated carbocycles. The summed E-state index contributed by atoms with van der Waals surface area (Å²) < 4.78 is 20.0. The van der Waals surface area contributed by atoms with E-state index in [2.05, 4.69) is 10.4 Å². The third kappa shape index (κ3) is 3.74. The van der Waals surface area contributed by atoms with Crippen LogP contribution in [-0.2, 0) is 11.2 Å². The van der Waals surface area contributed by atoms with Crippen molar-refractivity contribution in [3.63, 3.8) is 0 Å². The van der Waals surface area contributed by atoms with Gasteiger partial charge in [0.15, 0.2) is 0 Å². The fraction of sp³-hybridized carbons (Fsp3) is 0.200. The van der Waals surface area contributed by atoms with Crippen LogP contribution in [0, 0.1) is 19.7 Å². The highest BCUT2D eigenvalue weighted by Crippen LogP contribution is 2.20. The number of anilines is 1. The number of carbonyl (C=O) groups excluding carboxylic acids is 1. The number of aryl methyl sites for hydroxylation is 1. The van der Waals surface area contributed by atoms with E-state index in [1.165, 1.54) is 12.1 Å². The molecule has 0 atom stereocenters. The fourth-order valence-corrected chi connectivity index (χ4v) is 2.83. The number of nitrogens with zero attached hydrogens (tertiary/aromatic N) is 2. The molecule has 0 radical (unpaired) electrons. The van der Waals surface area contributed by atoms with Crippen LogP contribution in [0.3, 0.4) is 0 Å². The fourth-order valence-electron chi connectivity index (χ4n) is 2.83. The second kappa shape index (κ2) is 7.39. The van der Waals surface area contributed by atoms with Gasteiger partial charge in [0.25, 0.3) is 0 Å². The molecule has 0 unspecified atom stereocenters. The molecule has 134 valence electrons. The molecule has 0 saturated heterocycles. The third-order valence-corrected chi connectivity index (χ3v) is 4.20. The summed E-state index contributed by atoms with van der Waals surface area (Å²) in [6.45, 7) is 3.76. The number of aromatic nitrogens is 2. The first-order chi connectivity index (χ1) is 12.5. The maximum atomic E-state index is 13.1. The van der Waals surface area contributed by atoms with Crippen LogP contribution in [0.15, 0.2) is 48.5 Å². The molecule has 26 heavy (non-hydrogen) atoms. The number of nitrogens with one attached hydrogen (secondary N) is 1. The van der Waals surface area contributed by atoms with Crippen LogP contribution >= 0.6 is 0 Å². The van der Waals surface area contributed by atoms with Gasteiger partial charge in [-0.2, -0.15) is 5.10 Å². The van der Waals surface area contributed by atoms with Gasteiger partial charge >= 0.3 is 0 Å². The van der Waals surface area contributed by atoms with Crippen LogP contribution in [0.1, 0.15) is 17.0 Å². The highest BCUT2D eigenvalue weighted by atomic mass is 19.1. The molecule has 1 heterocycles. The number of carbonyl (C=O) groups is 1. The van der Waals surface area contributed by atoms with Gasteiger partial charge in [-0.05, 0) is 50.2 Å². The quantitative estimate of drug-likeness (QED) is 0.759. The van der Waals surface area contributed by atoms with E-state index >= 15 is 0 Å². The average Bonchev–Trinajstić information content (AvgIpc) is 2.90. The van der Waals surface area contributed by atoms with Gasteiger partial charge in [-0.15, -0.1) is 0 Å². The van der Waals surface area contributed by atoms with Gasteiger partial charge in [0, 0.05) is 23.0 Å². The standard InChI is InChI=1S/C20H20FN3O2/c1-13-19(12-20(25)22-16-5-4-6-18(11-16)26-3)14(2)24(23-13)17-9-7-15(21)8-10-17/h4-11H,12H2,1-3H3,(H,22,25). The van der Waals surface area contributed by atoms with Crippen LogP contribution in [0.5, 0.6) is 5.75 Å². The van der Waals surface area contributed by atoms with E-state index < -0.39 is 0 Å². The maximum absolute atomic E-state index is 13.1. The summed E-state index contributed by atoms with van der Waals surface area (Å²) in [4.78, 5) is 12.4. The molecule has 2 aromatic carbocycles. The molecular weight excluding hydrogens is 333 g/mol. The lowest BCUT2D eigenvalue weighted by atomic mass is 10.1. The van der Waals surface area contributed by atoms with E-state index in [0.29, 0.717) is 11.4 Å². The van der Waals surface area contributed by atoms with E-state index in [1.54, 1.807) is 30.0 Å². The van der Waals surface area contributed by atoms with E-state index in [-0.39, 0.29) is 18.1 Å². The lowest BCUT2D eigenvalue weighted by Gasteiger charge is -2.08. The lowest BCUT2D eigenvalue weighted by molar-refractivity contribution is -0.115. The second-order valence-corrected chi connectivity index (χ2v) is 5.99. The predicted octanol–water partition coefficient (Wildman–Crippen LogP) is 3.82. The molecule has 1 amide bonds. The molecule has 0 spiro atoms. The zero-order valence-corrected chi connectivity index (χ0v) is 14.9. The summed E-state index contributed by atoms with van der Waals surface area (Å²) in [6, 6.07) is 13.3. The number of methoxy groups -OCH3 is 1. The Morgan fingerprint density at radius 2 is 1.92 bits per heavy atom. The van der Waals surface area contributed by atoms with Crippen molar-refractivity contribution in [1.29, 1.82) is 0 Å². The maximum Gasteiger partial charge on any atom is 0.228 e. The monoisotopic (exact) mass is 353 g/mol. The van der Waals surface area contributed by atoms with Gasteiger partial charge in [-0.25, -0.2) is 9.07 Å². The van der Waals surface area contributed by atoms with Crippen molar-refractivity contribution >= 4 is 11.6 Å². The van der Waals surface area contributed by atoms with Crippen LogP contribution in [-0.4, -0.2) is 22.8 Å². The van der Waals surface area contributed by atoms with Crippen molar-refractivity contribution in [2.45, 2.75) is 20.3 Å². The highest BCUT2D eigenvalue weighted by molar-refractivity contribution is 5.92. The summed E-state index contributed by atoms with van der Waals surface area (Å²) in [5, 5.41) is 7.36.